The molecule has 18 heavy (non-hydrogen) atoms. The Bertz CT molecular complexity index is 614. The molecule has 1 atom stereocenters. The van der Waals surface area contributed by atoms with E-state index in [9.17, 15) is 8.60 Å². The summed E-state index contributed by atoms with van der Waals surface area (Å²) in [5, 5.41) is 0. The molecule has 2 aromatic carbocycles. The van der Waals surface area contributed by atoms with Crippen LogP contribution in [0.5, 0.6) is 0 Å². The largest absolute Gasteiger partial charge is 0.287 e. The van der Waals surface area contributed by atoms with Crippen molar-refractivity contribution in [3.05, 3.63) is 59.9 Å². The summed E-state index contributed by atoms with van der Waals surface area (Å²) in [6.07, 6.45) is 0.886. The number of hydrogen-bond donors (Lipinski definition) is 0. The maximum Gasteiger partial charge on any atom is 0.153 e. The van der Waals surface area contributed by atoms with Crippen LogP contribution in [-0.2, 0) is 17.4 Å². The van der Waals surface area contributed by atoms with Gasteiger partial charge in [0.25, 0.3) is 0 Å². The molecule has 3 rings (SSSR count). The summed E-state index contributed by atoms with van der Waals surface area (Å²) in [7, 11) is -1.34. The van der Waals surface area contributed by atoms with E-state index in [1.54, 1.807) is 12.1 Å². The smallest absolute Gasteiger partial charge is 0.153 e. The van der Waals surface area contributed by atoms with Crippen LogP contribution in [0.3, 0.4) is 0 Å². The van der Waals surface area contributed by atoms with Gasteiger partial charge in [-0.25, -0.2) is 8.60 Å². The lowest BCUT2D eigenvalue weighted by Crippen LogP contribution is -2.23. The number of anilines is 1. The highest BCUT2D eigenvalue weighted by atomic mass is 32.2. The fourth-order valence-corrected chi connectivity index (χ4v) is 3.46. The van der Waals surface area contributed by atoms with Crippen LogP contribution in [0.25, 0.3) is 0 Å². The van der Waals surface area contributed by atoms with Crippen LogP contribution in [0.1, 0.15) is 5.56 Å². The van der Waals surface area contributed by atoms with Crippen LogP contribution in [0, 0.1) is 5.82 Å². The Kier molecular flexibility index (Phi) is 2.88. The Balaban J connectivity index is 1.96. The predicted molar refractivity (Wildman–Crippen MR) is 70.3 cm³/mol. The minimum atomic E-state index is -1.34. The molecular formula is C14H12FNOS. The van der Waals surface area contributed by atoms with E-state index in [0.717, 1.165) is 12.1 Å². The standard InChI is InChI=1S/C14H12FNOS/c15-12-5-3-6-13(10-12)18(17)16-9-8-11-4-1-2-7-14(11)16/h1-7,10H,8-9H2. The highest BCUT2D eigenvalue weighted by molar-refractivity contribution is 7.86. The molecule has 0 amide bonds. The summed E-state index contributed by atoms with van der Waals surface area (Å²) >= 11 is 0. The van der Waals surface area contributed by atoms with Gasteiger partial charge in [-0.2, -0.15) is 0 Å². The Hall–Kier alpha value is -1.68. The van der Waals surface area contributed by atoms with Crippen molar-refractivity contribution in [3.63, 3.8) is 0 Å². The van der Waals surface area contributed by atoms with Crippen LogP contribution >= 0.6 is 0 Å². The molecule has 1 unspecified atom stereocenters. The lowest BCUT2D eigenvalue weighted by Gasteiger charge is -2.17. The van der Waals surface area contributed by atoms with Gasteiger partial charge in [0.2, 0.25) is 0 Å². The van der Waals surface area contributed by atoms with Crippen molar-refractivity contribution in [1.29, 1.82) is 0 Å². The fourth-order valence-electron chi connectivity index (χ4n) is 2.18. The van der Waals surface area contributed by atoms with Crippen LogP contribution in [0.2, 0.25) is 0 Å². The number of para-hydroxylation sites is 1. The summed E-state index contributed by atoms with van der Waals surface area (Å²) in [5.74, 6) is -0.353. The van der Waals surface area contributed by atoms with Gasteiger partial charge in [0.1, 0.15) is 5.82 Å². The van der Waals surface area contributed by atoms with Gasteiger partial charge in [0, 0.05) is 6.54 Å². The van der Waals surface area contributed by atoms with Gasteiger partial charge in [-0.3, -0.25) is 4.31 Å². The third-order valence-electron chi connectivity index (χ3n) is 3.04. The number of hydrogen-bond acceptors (Lipinski definition) is 1. The Labute approximate surface area is 108 Å². The van der Waals surface area contributed by atoms with E-state index in [1.807, 2.05) is 28.6 Å². The lowest BCUT2D eigenvalue weighted by atomic mass is 10.2. The number of fused-ring (bicyclic) bond motifs is 1. The maximum absolute atomic E-state index is 13.2. The monoisotopic (exact) mass is 261 g/mol. The predicted octanol–water partition coefficient (Wildman–Crippen LogP) is 2.91. The van der Waals surface area contributed by atoms with Gasteiger partial charge < -0.3 is 0 Å². The quantitative estimate of drug-likeness (QED) is 0.814. The molecule has 4 heteroatoms. The third kappa shape index (κ3) is 1.93. The third-order valence-corrected chi connectivity index (χ3v) is 4.48. The molecule has 2 aromatic rings. The molecule has 2 nitrogen and oxygen atoms in total. The number of halogens is 1. The van der Waals surface area contributed by atoms with Crippen molar-refractivity contribution in [3.8, 4) is 0 Å². The topological polar surface area (TPSA) is 20.3 Å². The second-order valence-corrected chi connectivity index (χ2v) is 5.60. The van der Waals surface area contributed by atoms with E-state index in [0.29, 0.717) is 11.4 Å². The number of rotatable bonds is 2. The van der Waals surface area contributed by atoms with Gasteiger partial charge in [-0.05, 0) is 36.2 Å². The van der Waals surface area contributed by atoms with E-state index >= 15 is 0 Å². The molecule has 0 bridgehead atoms. The van der Waals surface area contributed by atoms with Crippen molar-refractivity contribution < 1.29 is 8.60 Å². The summed E-state index contributed by atoms with van der Waals surface area (Å²) in [4.78, 5) is 0.506. The minimum absolute atomic E-state index is 0.353. The zero-order valence-electron chi connectivity index (χ0n) is 9.67. The molecule has 92 valence electrons. The molecule has 0 N–H and O–H groups in total. The summed E-state index contributed by atoms with van der Waals surface area (Å²) < 4.78 is 27.4. The molecule has 0 saturated carbocycles. The van der Waals surface area contributed by atoms with Gasteiger partial charge >= 0.3 is 0 Å². The van der Waals surface area contributed by atoms with Crippen LogP contribution in [0.15, 0.2) is 53.4 Å². The Morgan fingerprint density at radius 3 is 2.78 bits per heavy atom. The van der Waals surface area contributed by atoms with Crippen LogP contribution in [0.4, 0.5) is 10.1 Å². The number of nitrogens with zero attached hydrogens (tertiary/aromatic N) is 1. The summed E-state index contributed by atoms with van der Waals surface area (Å²) in [6.45, 7) is 0.711. The highest BCUT2D eigenvalue weighted by Crippen LogP contribution is 2.30. The Morgan fingerprint density at radius 2 is 1.94 bits per heavy atom. The average Bonchev–Trinajstić information content (AvgIpc) is 2.82. The first-order valence-corrected chi connectivity index (χ1v) is 6.89. The zero-order valence-corrected chi connectivity index (χ0v) is 10.5. The van der Waals surface area contributed by atoms with E-state index < -0.39 is 11.0 Å². The van der Waals surface area contributed by atoms with Crippen LogP contribution < -0.4 is 4.31 Å². The molecule has 0 aliphatic carbocycles. The molecule has 0 saturated heterocycles. The second-order valence-electron chi connectivity index (χ2n) is 4.19. The lowest BCUT2D eigenvalue weighted by molar-refractivity contribution is 0.622. The van der Waals surface area contributed by atoms with Crippen molar-refractivity contribution in [2.45, 2.75) is 11.3 Å². The van der Waals surface area contributed by atoms with E-state index in [-0.39, 0.29) is 5.82 Å². The van der Waals surface area contributed by atoms with Gasteiger partial charge in [0.15, 0.2) is 11.0 Å². The fraction of sp³-hybridized carbons (Fsp3) is 0.143. The maximum atomic E-state index is 13.2. The van der Waals surface area contributed by atoms with Gasteiger partial charge in [0.05, 0.1) is 10.6 Å². The first kappa shape index (κ1) is 11.4. The Morgan fingerprint density at radius 1 is 1.11 bits per heavy atom. The number of benzene rings is 2. The van der Waals surface area contributed by atoms with Crippen molar-refractivity contribution in [2.24, 2.45) is 0 Å². The van der Waals surface area contributed by atoms with E-state index in [2.05, 4.69) is 0 Å². The first-order chi connectivity index (χ1) is 8.75. The van der Waals surface area contributed by atoms with Gasteiger partial charge in [-0.15, -0.1) is 0 Å². The minimum Gasteiger partial charge on any atom is -0.287 e. The van der Waals surface area contributed by atoms with E-state index in [1.165, 1.54) is 17.7 Å². The molecule has 0 radical (unpaired) electrons. The van der Waals surface area contributed by atoms with Crippen molar-refractivity contribution >= 4 is 16.7 Å². The van der Waals surface area contributed by atoms with Crippen molar-refractivity contribution in [1.82, 2.24) is 0 Å². The molecule has 0 fully saturated rings. The van der Waals surface area contributed by atoms with Gasteiger partial charge in [-0.1, -0.05) is 24.3 Å². The average molecular weight is 261 g/mol. The van der Waals surface area contributed by atoms with Crippen LogP contribution in [-0.4, -0.2) is 10.8 Å². The molecule has 0 spiro atoms. The van der Waals surface area contributed by atoms with Crippen molar-refractivity contribution in [2.75, 3.05) is 10.8 Å². The molecule has 0 aromatic heterocycles. The normalized spacial score (nSPS) is 15.5. The SMILES string of the molecule is O=S(c1cccc(F)c1)N1CCc2ccccc21. The zero-order chi connectivity index (χ0) is 12.5. The molecule has 1 aliphatic heterocycles. The summed E-state index contributed by atoms with van der Waals surface area (Å²) in [5.41, 5.74) is 2.18. The molecule has 1 aliphatic rings. The van der Waals surface area contributed by atoms with E-state index in [4.69, 9.17) is 0 Å². The first-order valence-electron chi connectivity index (χ1n) is 5.78. The second kappa shape index (κ2) is 4.53. The summed E-state index contributed by atoms with van der Waals surface area (Å²) in [6, 6.07) is 13.9. The molecular weight excluding hydrogens is 249 g/mol. The highest BCUT2D eigenvalue weighted by Gasteiger charge is 2.24. The molecule has 1 heterocycles.